The molecule has 2 rings (SSSR count). The van der Waals surface area contributed by atoms with E-state index in [1.165, 1.54) is 19.2 Å². The number of carbonyl (C=O) groups is 1. The van der Waals surface area contributed by atoms with Gasteiger partial charge in [-0.25, -0.2) is 0 Å². The Bertz CT molecular complexity index is 798. The van der Waals surface area contributed by atoms with Crippen LogP contribution in [0.5, 0.6) is 23.0 Å². The van der Waals surface area contributed by atoms with Crippen LogP contribution in [0.1, 0.15) is 17.0 Å². The SMILES string of the molecule is COc1c(O)cc([C@H](C(=O)O)c2cc(O)c(O)c(Br)c2Br)cc1Br. The summed E-state index contributed by atoms with van der Waals surface area (Å²) in [5.41, 5.74) is 0.450. The quantitative estimate of drug-likeness (QED) is 0.442. The van der Waals surface area contributed by atoms with Crippen molar-refractivity contribution in [3.63, 3.8) is 0 Å². The second-order valence-electron chi connectivity index (χ2n) is 4.79. The van der Waals surface area contributed by atoms with Gasteiger partial charge in [-0.3, -0.25) is 4.79 Å². The highest BCUT2D eigenvalue weighted by Crippen LogP contribution is 2.46. The van der Waals surface area contributed by atoms with Gasteiger partial charge in [0.05, 0.1) is 16.1 Å². The predicted molar refractivity (Wildman–Crippen MR) is 97.0 cm³/mol. The number of aliphatic carboxylic acids is 1. The number of rotatable bonds is 4. The van der Waals surface area contributed by atoms with Crippen LogP contribution in [0.4, 0.5) is 0 Å². The number of hydrogen-bond donors (Lipinski definition) is 4. The minimum atomic E-state index is -1.21. The van der Waals surface area contributed by atoms with Gasteiger partial charge < -0.3 is 25.2 Å². The van der Waals surface area contributed by atoms with Gasteiger partial charge in [-0.15, -0.1) is 0 Å². The van der Waals surface area contributed by atoms with Crippen molar-refractivity contribution in [2.45, 2.75) is 5.92 Å². The maximum atomic E-state index is 11.8. The van der Waals surface area contributed by atoms with Crippen LogP contribution in [-0.2, 0) is 4.79 Å². The summed E-state index contributed by atoms with van der Waals surface area (Å²) in [4.78, 5) is 11.8. The van der Waals surface area contributed by atoms with E-state index in [4.69, 9.17) is 4.74 Å². The van der Waals surface area contributed by atoms with Gasteiger partial charge in [0.1, 0.15) is 5.92 Å². The molecule has 0 fully saturated rings. The lowest BCUT2D eigenvalue weighted by atomic mass is 9.91. The second kappa shape index (κ2) is 7.20. The Labute approximate surface area is 162 Å². The van der Waals surface area contributed by atoms with Crippen LogP contribution in [-0.4, -0.2) is 33.5 Å². The number of halogens is 3. The highest BCUT2D eigenvalue weighted by atomic mass is 79.9. The fourth-order valence-electron chi connectivity index (χ4n) is 2.26. The highest BCUT2D eigenvalue weighted by Gasteiger charge is 2.29. The molecule has 0 unspecified atom stereocenters. The van der Waals surface area contributed by atoms with Crippen LogP contribution in [0.3, 0.4) is 0 Å². The largest absolute Gasteiger partial charge is 0.504 e. The summed E-state index contributed by atoms with van der Waals surface area (Å²) in [6.07, 6.45) is 0. The first-order chi connectivity index (χ1) is 11.2. The number of phenolic OH excluding ortho intramolecular Hbond substituents is 3. The molecule has 6 nitrogen and oxygen atoms in total. The maximum absolute atomic E-state index is 11.8. The number of ether oxygens (including phenoxy) is 1. The van der Waals surface area contributed by atoms with E-state index in [0.717, 1.165) is 6.07 Å². The smallest absolute Gasteiger partial charge is 0.315 e. The van der Waals surface area contributed by atoms with Gasteiger partial charge in [0.25, 0.3) is 0 Å². The zero-order valence-corrected chi connectivity index (χ0v) is 16.8. The van der Waals surface area contributed by atoms with Crippen LogP contribution in [0.15, 0.2) is 31.6 Å². The molecule has 4 N–H and O–H groups in total. The van der Waals surface area contributed by atoms with E-state index in [1.807, 2.05) is 0 Å². The van der Waals surface area contributed by atoms with E-state index in [9.17, 15) is 25.2 Å². The standard InChI is InChI=1S/C15H11Br3O6/c1-24-14-7(16)2-5(3-9(14)20)10(15(22)23)6-4-8(19)13(21)12(18)11(6)17/h2-4,10,19-21H,1H3,(H,22,23)/t10-/m0/s1. The summed E-state index contributed by atoms with van der Waals surface area (Å²) in [6, 6.07) is 3.92. The molecule has 0 aromatic heterocycles. The van der Waals surface area contributed by atoms with Crippen LogP contribution in [0.25, 0.3) is 0 Å². The Morgan fingerprint density at radius 1 is 1.04 bits per heavy atom. The van der Waals surface area contributed by atoms with Crippen molar-refractivity contribution in [1.29, 1.82) is 0 Å². The van der Waals surface area contributed by atoms with Crippen molar-refractivity contribution >= 4 is 53.8 Å². The summed E-state index contributed by atoms with van der Waals surface area (Å²) in [5, 5.41) is 39.2. The molecule has 0 aliphatic rings. The molecule has 0 spiro atoms. The summed E-state index contributed by atoms with van der Waals surface area (Å²) in [6.45, 7) is 0. The fourth-order valence-corrected chi connectivity index (χ4v) is 3.85. The third-order valence-corrected chi connectivity index (χ3v) is 6.08. The van der Waals surface area contributed by atoms with Crippen LogP contribution in [0, 0.1) is 0 Å². The lowest BCUT2D eigenvalue weighted by Gasteiger charge is -2.18. The Morgan fingerprint density at radius 3 is 2.17 bits per heavy atom. The number of methoxy groups -OCH3 is 1. The first kappa shape index (κ1) is 18.9. The van der Waals surface area contributed by atoms with Gasteiger partial charge in [-0.05, 0) is 77.1 Å². The molecule has 2 aromatic carbocycles. The summed E-state index contributed by atoms with van der Waals surface area (Å²) >= 11 is 9.53. The number of hydrogen-bond acceptors (Lipinski definition) is 5. The van der Waals surface area contributed by atoms with Gasteiger partial charge in [0.15, 0.2) is 23.0 Å². The average Bonchev–Trinajstić information content (AvgIpc) is 2.50. The summed E-state index contributed by atoms with van der Waals surface area (Å²) in [7, 11) is 1.37. The monoisotopic (exact) mass is 524 g/mol. The first-order valence-corrected chi connectivity index (χ1v) is 8.75. The topological polar surface area (TPSA) is 107 Å². The number of phenols is 3. The average molecular weight is 527 g/mol. The fraction of sp³-hybridized carbons (Fsp3) is 0.133. The Hall–Kier alpha value is -1.45. The zero-order valence-electron chi connectivity index (χ0n) is 12.0. The van der Waals surface area contributed by atoms with Crippen LogP contribution < -0.4 is 4.74 Å². The van der Waals surface area contributed by atoms with Gasteiger partial charge in [0.2, 0.25) is 0 Å². The Balaban J connectivity index is 2.71. The van der Waals surface area contributed by atoms with E-state index < -0.39 is 23.4 Å². The van der Waals surface area contributed by atoms with E-state index in [1.54, 1.807) is 0 Å². The van der Waals surface area contributed by atoms with Crippen molar-refractivity contribution in [3.05, 3.63) is 42.7 Å². The molecule has 0 aliphatic heterocycles. The molecule has 9 heteroatoms. The van der Waals surface area contributed by atoms with Gasteiger partial charge in [0, 0.05) is 4.47 Å². The normalized spacial score (nSPS) is 12.0. The van der Waals surface area contributed by atoms with E-state index in [0.29, 0.717) is 4.47 Å². The maximum Gasteiger partial charge on any atom is 0.315 e. The van der Waals surface area contributed by atoms with Crippen molar-refractivity contribution in [2.75, 3.05) is 7.11 Å². The molecule has 0 heterocycles. The summed E-state index contributed by atoms with van der Waals surface area (Å²) < 4.78 is 5.80. The second-order valence-corrected chi connectivity index (χ2v) is 7.23. The van der Waals surface area contributed by atoms with Gasteiger partial charge >= 0.3 is 5.97 Å². The molecule has 128 valence electrons. The van der Waals surface area contributed by atoms with Crippen molar-refractivity contribution in [2.24, 2.45) is 0 Å². The molecule has 0 aliphatic carbocycles. The number of benzene rings is 2. The van der Waals surface area contributed by atoms with Crippen molar-refractivity contribution in [1.82, 2.24) is 0 Å². The number of carboxylic acids is 1. The first-order valence-electron chi connectivity index (χ1n) is 6.38. The third kappa shape index (κ3) is 3.33. The molecule has 0 amide bonds. The molecule has 1 atom stereocenters. The van der Waals surface area contributed by atoms with Gasteiger partial charge in [-0.2, -0.15) is 0 Å². The van der Waals surface area contributed by atoms with E-state index in [2.05, 4.69) is 47.8 Å². The molecule has 2 aromatic rings. The van der Waals surface area contributed by atoms with E-state index >= 15 is 0 Å². The van der Waals surface area contributed by atoms with Crippen molar-refractivity contribution < 1.29 is 30.0 Å². The lowest BCUT2D eigenvalue weighted by Crippen LogP contribution is -2.14. The highest BCUT2D eigenvalue weighted by molar-refractivity contribution is 9.13. The van der Waals surface area contributed by atoms with Crippen molar-refractivity contribution in [3.8, 4) is 23.0 Å². The van der Waals surface area contributed by atoms with Gasteiger partial charge in [-0.1, -0.05) is 0 Å². The zero-order chi connectivity index (χ0) is 18.2. The lowest BCUT2D eigenvalue weighted by molar-refractivity contribution is -0.137. The molecule has 0 saturated carbocycles. The Morgan fingerprint density at radius 2 is 1.67 bits per heavy atom. The number of aromatic hydroxyl groups is 3. The minimum Gasteiger partial charge on any atom is -0.504 e. The third-order valence-electron chi connectivity index (χ3n) is 3.33. The molecular weight excluding hydrogens is 516 g/mol. The molecule has 0 bridgehead atoms. The Kier molecular flexibility index (Phi) is 5.67. The molecule has 0 saturated heterocycles. The van der Waals surface area contributed by atoms with Crippen LogP contribution in [0.2, 0.25) is 0 Å². The predicted octanol–water partition coefficient (Wildman–Crippen LogP) is 4.32. The molecular formula is C15H11Br3O6. The molecule has 0 radical (unpaired) electrons. The minimum absolute atomic E-state index is 0.126. The molecule has 24 heavy (non-hydrogen) atoms. The van der Waals surface area contributed by atoms with Crippen LogP contribution >= 0.6 is 47.8 Å². The van der Waals surface area contributed by atoms with E-state index in [-0.39, 0.29) is 31.6 Å². The number of carboxylic acid groups (broad SMARTS) is 1. The summed E-state index contributed by atoms with van der Waals surface area (Å²) in [5.74, 6) is -3.35.